The van der Waals surface area contributed by atoms with E-state index in [1.165, 1.54) is 0 Å². The zero-order chi connectivity index (χ0) is 10.7. The lowest BCUT2D eigenvalue weighted by atomic mass is 9.98. The molecule has 0 heterocycles. The van der Waals surface area contributed by atoms with Crippen LogP contribution < -0.4 is 0 Å². The quantitative estimate of drug-likeness (QED) is 0.876. The van der Waals surface area contributed by atoms with Gasteiger partial charge in [-0.1, -0.05) is 19.9 Å². The van der Waals surface area contributed by atoms with Crippen LogP contribution in [0.5, 0.6) is 5.75 Å². The lowest BCUT2D eigenvalue weighted by Gasteiger charge is -2.13. The van der Waals surface area contributed by atoms with Gasteiger partial charge < -0.3 is 10.2 Å². The average Bonchev–Trinajstić information content (AvgIpc) is 2.20. The van der Waals surface area contributed by atoms with E-state index in [1.54, 1.807) is 0 Å². The Morgan fingerprint density at radius 2 is 2.07 bits per heavy atom. The highest BCUT2D eigenvalue weighted by Crippen LogP contribution is 2.34. The average molecular weight is 259 g/mol. The van der Waals surface area contributed by atoms with E-state index in [4.69, 9.17) is 5.11 Å². The van der Waals surface area contributed by atoms with Crippen LogP contribution in [0.15, 0.2) is 16.6 Å². The van der Waals surface area contributed by atoms with E-state index in [9.17, 15) is 5.11 Å². The highest BCUT2D eigenvalue weighted by atomic mass is 79.9. The minimum atomic E-state index is -0.0298. The number of phenolic OH excluding ortho intramolecular Hbond substituents is 1. The summed E-state index contributed by atoms with van der Waals surface area (Å²) in [4.78, 5) is 0. The zero-order valence-corrected chi connectivity index (χ0v) is 10.0. The Morgan fingerprint density at radius 3 is 2.57 bits per heavy atom. The summed E-state index contributed by atoms with van der Waals surface area (Å²) in [5, 5.41) is 18.8. The predicted octanol–water partition coefficient (Wildman–Crippen LogP) is 2.81. The minimum absolute atomic E-state index is 0.0298. The number of aliphatic hydroxyl groups is 1. The van der Waals surface area contributed by atoms with E-state index in [-0.39, 0.29) is 18.3 Å². The summed E-state index contributed by atoms with van der Waals surface area (Å²) in [5.74, 6) is 0.210. The summed E-state index contributed by atoms with van der Waals surface area (Å²) in [6.07, 6.45) is 0.921. The van der Waals surface area contributed by atoms with Crippen molar-refractivity contribution >= 4 is 15.9 Å². The van der Waals surface area contributed by atoms with Crippen LogP contribution in [0.25, 0.3) is 0 Å². The Hall–Kier alpha value is -0.540. The van der Waals surface area contributed by atoms with Crippen molar-refractivity contribution in [3.8, 4) is 5.75 Å². The Morgan fingerprint density at radius 1 is 1.43 bits per heavy atom. The normalized spacial score (nSPS) is 12.9. The van der Waals surface area contributed by atoms with Gasteiger partial charge in [0, 0.05) is 18.1 Å². The number of aromatic hydroxyl groups is 1. The molecular formula is C11H15BrO2. The van der Waals surface area contributed by atoms with E-state index in [2.05, 4.69) is 22.9 Å². The smallest absolute Gasteiger partial charge is 0.133 e. The molecule has 2 nitrogen and oxygen atoms in total. The van der Waals surface area contributed by atoms with E-state index in [0.717, 1.165) is 17.5 Å². The number of benzene rings is 1. The molecule has 0 fully saturated rings. The van der Waals surface area contributed by atoms with E-state index in [0.29, 0.717) is 4.47 Å². The van der Waals surface area contributed by atoms with Crippen LogP contribution in [-0.4, -0.2) is 16.8 Å². The second kappa shape index (κ2) is 4.80. The van der Waals surface area contributed by atoms with Crippen LogP contribution in [0.2, 0.25) is 0 Å². The monoisotopic (exact) mass is 258 g/mol. The molecule has 78 valence electrons. The lowest BCUT2D eigenvalue weighted by molar-refractivity contribution is 0.270. The van der Waals surface area contributed by atoms with Gasteiger partial charge in [0.2, 0.25) is 0 Å². The van der Waals surface area contributed by atoms with Crippen LogP contribution in [-0.2, 0) is 6.42 Å². The van der Waals surface area contributed by atoms with Gasteiger partial charge in [-0.2, -0.15) is 0 Å². The number of phenols is 1. The van der Waals surface area contributed by atoms with Crippen molar-refractivity contribution < 1.29 is 10.2 Å². The molecule has 0 aliphatic rings. The maximum atomic E-state index is 9.76. The van der Waals surface area contributed by atoms with Gasteiger partial charge in [-0.05, 0) is 34.0 Å². The fourth-order valence-corrected chi connectivity index (χ4v) is 1.88. The largest absolute Gasteiger partial charge is 0.506 e. The third-order valence-corrected chi connectivity index (χ3v) is 2.97. The van der Waals surface area contributed by atoms with Crippen molar-refractivity contribution in [1.29, 1.82) is 0 Å². The Labute approximate surface area is 92.7 Å². The standard InChI is InChI=1S/C11H15BrO2/c1-3-8-4-9(7(2)6-13)11(14)10(12)5-8/h4-5,7,13-14H,3,6H2,1-2H3. The number of halogens is 1. The summed E-state index contributed by atoms with van der Waals surface area (Å²) in [7, 11) is 0. The first kappa shape index (κ1) is 11.5. The molecule has 0 radical (unpaired) electrons. The third kappa shape index (κ3) is 2.28. The minimum Gasteiger partial charge on any atom is -0.506 e. The maximum absolute atomic E-state index is 9.76. The first-order valence-electron chi connectivity index (χ1n) is 4.72. The van der Waals surface area contributed by atoms with E-state index >= 15 is 0 Å². The Bertz CT molecular complexity index is 323. The molecule has 3 heteroatoms. The van der Waals surface area contributed by atoms with Gasteiger partial charge in [0.25, 0.3) is 0 Å². The molecule has 1 aromatic rings. The second-order valence-electron chi connectivity index (χ2n) is 3.45. The molecular weight excluding hydrogens is 244 g/mol. The van der Waals surface area contributed by atoms with Crippen molar-refractivity contribution in [3.63, 3.8) is 0 Å². The summed E-state index contributed by atoms with van der Waals surface area (Å²) in [6, 6.07) is 3.85. The number of hydrogen-bond acceptors (Lipinski definition) is 2. The van der Waals surface area contributed by atoms with Crippen LogP contribution in [0.1, 0.15) is 30.9 Å². The lowest BCUT2D eigenvalue weighted by Crippen LogP contribution is -2.00. The predicted molar refractivity (Wildman–Crippen MR) is 60.7 cm³/mol. The number of hydrogen-bond donors (Lipinski definition) is 2. The molecule has 1 atom stereocenters. The maximum Gasteiger partial charge on any atom is 0.133 e. The molecule has 0 aliphatic heterocycles. The summed E-state index contributed by atoms with van der Waals surface area (Å²) in [6.45, 7) is 4.00. The molecule has 0 aliphatic carbocycles. The highest BCUT2D eigenvalue weighted by Gasteiger charge is 2.13. The fourth-order valence-electron chi connectivity index (χ4n) is 1.36. The van der Waals surface area contributed by atoms with Crippen molar-refractivity contribution in [2.75, 3.05) is 6.61 Å². The molecule has 2 N–H and O–H groups in total. The van der Waals surface area contributed by atoms with Gasteiger partial charge in [-0.25, -0.2) is 0 Å². The first-order chi connectivity index (χ1) is 6.60. The topological polar surface area (TPSA) is 40.5 Å². The summed E-state index contributed by atoms with van der Waals surface area (Å²) in [5.41, 5.74) is 1.96. The molecule has 1 aromatic carbocycles. The van der Waals surface area contributed by atoms with Gasteiger partial charge in [0.15, 0.2) is 0 Å². The zero-order valence-electron chi connectivity index (χ0n) is 8.42. The van der Waals surface area contributed by atoms with Gasteiger partial charge in [0.1, 0.15) is 5.75 Å². The van der Waals surface area contributed by atoms with Crippen molar-refractivity contribution in [2.24, 2.45) is 0 Å². The Balaban J connectivity index is 3.20. The first-order valence-corrected chi connectivity index (χ1v) is 5.51. The van der Waals surface area contributed by atoms with E-state index in [1.807, 2.05) is 19.1 Å². The molecule has 0 spiro atoms. The number of rotatable bonds is 3. The number of aliphatic hydroxyl groups excluding tert-OH is 1. The van der Waals surface area contributed by atoms with Crippen LogP contribution in [0.3, 0.4) is 0 Å². The molecule has 0 aromatic heterocycles. The Kier molecular flexibility index (Phi) is 3.96. The SMILES string of the molecule is CCc1cc(Br)c(O)c(C(C)CO)c1. The van der Waals surface area contributed by atoms with Gasteiger partial charge >= 0.3 is 0 Å². The van der Waals surface area contributed by atoms with Gasteiger partial charge in [-0.15, -0.1) is 0 Å². The van der Waals surface area contributed by atoms with Crippen LogP contribution >= 0.6 is 15.9 Å². The van der Waals surface area contributed by atoms with Crippen molar-refractivity contribution in [2.45, 2.75) is 26.2 Å². The molecule has 0 saturated carbocycles. The van der Waals surface area contributed by atoms with Gasteiger partial charge in [-0.3, -0.25) is 0 Å². The highest BCUT2D eigenvalue weighted by molar-refractivity contribution is 9.10. The van der Waals surface area contributed by atoms with E-state index < -0.39 is 0 Å². The molecule has 1 rings (SSSR count). The molecule has 0 amide bonds. The van der Waals surface area contributed by atoms with Crippen molar-refractivity contribution in [3.05, 3.63) is 27.7 Å². The van der Waals surface area contributed by atoms with Crippen LogP contribution in [0.4, 0.5) is 0 Å². The number of aryl methyl sites for hydroxylation is 1. The van der Waals surface area contributed by atoms with Crippen molar-refractivity contribution in [1.82, 2.24) is 0 Å². The summed E-state index contributed by atoms with van der Waals surface area (Å²) >= 11 is 3.30. The van der Waals surface area contributed by atoms with Gasteiger partial charge in [0.05, 0.1) is 4.47 Å². The second-order valence-corrected chi connectivity index (χ2v) is 4.31. The molecule has 0 saturated heterocycles. The molecule has 0 bridgehead atoms. The van der Waals surface area contributed by atoms with Crippen LogP contribution in [0, 0.1) is 0 Å². The fraction of sp³-hybridized carbons (Fsp3) is 0.455. The summed E-state index contributed by atoms with van der Waals surface area (Å²) < 4.78 is 0.701. The molecule has 1 unspecified atom stereocenters. The molecule has 14 heavy (non-hydrogen) atoms. The third-order valence-electron chi connectivity index (χ3n) is 2.37.